The fraction of sp³-hybridized carbons (Fsp3) is 0.407. The van der Waals surface area contributed by atoms with E-state index in [1.165, 1.54) is 13.0 Å². The number of carboxylic acids is 2. The second-order valence-corrected chi connectivity index (χ2v) is 17.6. The van der Waals surface area contributed by atoms with Gasteiger partial charge in [-0.05, 0) is 127 Å². The van der Waals surface area contributed by atoms with Gasteiger partial charge in [-0.15, -0.1) is 0 Å². The highest BCUT2D eigenvalue weighted by molar-refractivity contribution is 5.82. The standard InChI is InChI=1S/C27H30F2O3.C27H38F2O3/c1-17(2)23-14-21(22-11-6-7-12-25(22)29)15-24(27(23)32-16-20(5)28)19(4)10-8-9-18(3)13-26(30)31;1-9-26(5,6)20-15-21(19(4)13-11-12-18(3)14-24(30)31)25(32-17-23(28)29)22(16-20)27(7,8)10-2/h6-15,17,20H,16H2,1-5H3,(H,30,31);11-16,23H,9-10,17H2,1-8H3,(H,30,31)/b9-8+,18-13+,19-10-;12-11+,18-14+,19-13-. The molecule has 0 aliphatic heterocycles. The smallest absolute Gasteiger partial charge is 0.328 e. The lowest BCUT2D eigenvalue weighted by atomic mass is 9.74. The Hall–Kier alpha value is -5.64. The van der Waals surface area contributed by atoms with Gasteiger partial charge in [-0.1, -0.05) is 116 Å². The molecule has 348 valence electrons. The van der Waals surface area contributed by atoms with E-state index in [-0.39, 0.29) is 29.2 Å². The van der Waals surface area contributed by atoms with Crippen LogP contribution in [0.15, 0.2) is 108 Å². The highest BCUT2D eigenvalue weighted by Crippen LogP contribution is 2.44. The van der Waals surface area contributed by atoms with Crippen molar-refractivity contribution in [1.82, 2.24) is 0 Å². The molecular formula is C54H68F4O6. The van der Waals surface area contributed by atoms with Crippen LogP contribution >= 0.6 is 0 Å². The predicted octanol–water partition coefficient (Wildman–Crippen LogP) is 15.0. The quantitative estimate of drug-likeness (QED) is 0.0667. The summed E-state index contributed by atoms with van der Waals surface area (Å²) in [5.74, 6) is -1.21. The van der Waals surface area contributed by atoms with Crippen LogP contribution in [-0.4, -0.2) is 48.0 Å². The molecule has 0 saturated carbocycles. The van der Waals surface area contributed by atoms with E-state index in [4.69, 9.17) is 19.7 Å². The average Bonchev–Trinajstić information content (AvgIpc) is 3.21. The fourth-order valence-electron chi connectivity index (χ4n) is 6.45. The zero-order valence-corrected chi connectivity index (χ0v) is 39.8. The molecule has 0 bridgehead atoms. The SMILES string of the molecule is C/C(=C/C=C/C(C)=C/C(=O)O)c1cc(-c2ccccc2F)cc(C(C)C)c1OCC(C)F.CCC(C)(C)c1cc(\C(C)=C/C=C/C(C)=C/C(=O)O)c(OCC(F)F)c(C(C)(C)CC)c1. The summed E-state index contributed by atoms with van der Waals surface area (Å²) >= 11 is 0. The summed E-state index contributed by atoms with van der Waals surface area (Å²) in [5.41, 5.74) is 8.14. The van der Waals surface area contributed by atoms with Crippen molar-refractivity contribution in [1.29, 1.82) is 0 Å². The van der Waals surface area contributed by atoms with Gasteiger partial charge in [0.15, 0.2) is 0 Å². The fourth-order valence-corrected chi connectivity index (χ4v) is 6.45. The van der Waals surface area contributed by atoms with Crippen LogP contribution in [0.2, 0.25) is 0 Å². The molecule has 0 heterocycles. The van der Waals surface area contributed by atoms with E-state index in [0.29, 0.717) is 33.8 Å². The van der Waals surface area contributed by atoms with Gasteiger partial charge in [0.05, 0.1) is 0 Å². The Balaban J connectivity index is 0.000000440. The first-order valence-corrected chi connectivity index (χ1v) is 21.7. The van der Waals surface area contributed by atoms with Crippen molar-refractivity contribution < 1.29 is 46.8 Å². The summed E-state index contributed by atoms with van der Waals surface area (Å²) in [5, 5.41) is 17.7. The van der Waals surface area contributed by atoms with E-state index in [9.17, 15) is 27.2 Å². The van der Waals surface area contributed by atoms with Gasteiger partial charge in [0, 0.05) is 34.4 Å². The summed E-state index contributed by atoms with van der Waals surface area (Å²) in [6, 6.07) is 14.5. The van der Waals surface area contributed by atoms with Crippen molar-refractivity contribution in [2.75, 3.05) is 13.2 Å². The molecular weight excluding hydrogens is 821 g/mol. The third-order valence-corrected chi connectivity index (χ3v) is 11.1. The third-order valence-electron chi connectivity index (χ3n) is 11.1. The summed E-state index contributed by atoms with van der Waals surface area (Å²) in [6.45, 7) is 24.7. The first-order chi connectivity index (χ1) is 29.8. The van der Waals surface area contributed by atoms with Gasteiger partial charge in [0.2, 0.25) is 0 Å². The van der Waals surface area contributed by atoms with Gasteiger partial charge in [-0.2, -0.15) is 0 Å². The number of allylic oxidation sites excluding steroid dienone is 10. The maximum Gasteiger partial charge on any atom is 0.328 e. The molecule has 2 N–H and O–H groups in total. The van der Waals surface area contributed by atoms with Gasteiger partial charge in [0.25, 0.3) is 6.43 Å². The van der Waals surface area contributed by atoms with E-state index in [2.05, 4.69) is 47.6 Å². The zero-order valence-electron chi connectivity index (χ0n) is 39.8. The minimum atomic E-state index is -2.57. The summed E-state index contributed by atoms with van der Waals surface area (Å²) < 4.78 is 65.9. The van der Waals surface area contributed by atoms with Gasteiger partial charge < -0.3 is 19.7 Å². The van der Waals surface area contributed by atoms with Crippen LogP contribution < -0.4 is 9.47 Å². The van der Waals surface area contributed by atoms with Gasteiger partial charge in [0.1, 0.15) is 36.7 Å². The number of halogens is 4. The molecule has 1 unspecified atom stereocenters. The molecule has 1 atom stereocenters. The topological polar surface area (TPSA) is 93.1 Å². The summed E-state index contributed by atoms with van der Waals surface area (Å²) in [4.78, 5) is 21.6. The molecule has 0 aliphatic rings. The van der Waals surface area contributed by atoms with Crippen LogP contribution in [0.1, 0.15) is 137 Å². The first kappa shape index (κ1) is 54.5. The number of aliphatic carboxylic acids is 2. The van der Waals surface area contributed by atoms with Crippen molar-refractivity contribution >= 4 is 23.1 Å². The summed E-state index contributed by atoms with van der Waals surface area (Å²) in [6.07, 6.45) is 10.9. The van der Waals surface area contributed by atoms with Crippen LogP contribution in [0.25, 0.3) is 22.3 Å². The predicted molar refractivity (Wildman–Crippen MR) is 255 cm³/mol. The largest absolute Gasteiger partial charge is 0.490 e. The molecule has 6 nitrogen and oxygen atoms in total. The van der Waals surface area contributed by atoms with Gasteiger partial charge in [-0.25, -0.2) is 27.2 Å². The highest BCUT2D eigenvalue weighted by Gasteiger charge is 2.30. The maximum absolute atomic E-state index is 14.5. The van der Waals surface area contributed by atoms with E-state index >= 15 is 0 Å². The van der Waals surface area contributed by atoms with Crippen LogP contribution in [-0.2, 0) is 20.4 Å². The normalized spacial score (nSPS) is 13.7. The summed E-state index contributed by atoms with van der Waals surface area (Å²) in [7, 11) is 0. The number of benzene rings is 3. The van der Waals surface area contributed by atoms with Crippen molar-refractivity contribution in [3.8, 4) is 22.6 Å². The lowest BCUT2D eigenvalue weighted by Gasteiger charge is -2.32. The average molecular weight is 889 g/mol. The first-order valence-electron chi connectivity index (χ1n) is 21.7. The minimum Gasteiger partial charge on any atom is -0.490 e. The molecule has 10 heteroatoms. The zero-order chi connectivity index (χ0) is 48.5. The maximum atomic E-state index is 14.5. The molecule has 3 aromatic rings. The van der Waals surface area contributed by atoms with E-state index in [0.717, 1.165) is 64.0 Å². The number of ether oxygens (including phenoxy) is 2. The van der Waals surface area contributed by atoms with E-state index in [1.807, 2.05) is 58.0 Å². The Labute approximate surface area is 378 Å². The molecule has 3 aromatic carbocycles. The molecule has 0 radical (unpaired) electrons. The van der Waals surface area contributed by atoms with Crippen LogP contribution in [0.5, 0.6) is 11.5 Å². The Kier molecular flexibility index (Phi) is 21.3. The number of rotatable bonds is 20. The number of hydrogen-bond donors (Lipinski definition) is 2. The number of carboxylic acid groups (broad SMARTS) is 2. The Morgan fingerprint density at radius 1 is 0.703 bits per heavy atom. The highest BCUT2D eigenvalue weighted by atomic mass is 19.3. The third kappa shape index (κ3) is 16.8. The number of hydrogen-bond acceptors (Lipinski definition) is 4. The van der Waals surface area contributed by atoms with Crippen molar-refractivity contribution in [2.45, 2.75) is 132 Å². The second-order valence-electron chi connectivity index (χ2n) is 17.6. The van der Waals surface area contributed by atoms with Gasteiger partial charge >= 0.3 is 11.9 Å². The molecule has 0 amide bonds. The lowest BCUT2D eigenvalue weighted by molar-refractivity contribution is -0.132. The van der Waals surface area contributed by atoms with E-state index < -0.39 is 31.1 Å². The van der Waals surface area contributed by atoms with Crippen molar-refractivity contribution in [3.05, 3.63) is 142 Å². The monoisotopic (exact) mass is 888 g/mol. The Morgan fingerprint density at radius 2 is 1.20 bits per heavy atom. The van der Waals surface area contributed by atoms with Crippen LogP contribution in [0.3, 0.4) is 0 Å². The molecule has 0 aliphatic carbocycles. The van der Waals surface area contributed by atoms with E-state index in [1.54, 1.807) is 56.4 Å². The number of alkyl halides is 3. The van der Waals surface area contributed by atoms with Crippen LogP contribution in [0.4, 0.5) is 17.6 Å². The molecule has 64 heavy (non-hydrogen) atoms. The Morgan fingerprint density at radius 3 is 1.66 bits per heavy atom. The molecule has 3 rings (SSSR count). The van der Waals surface area contributed by atoms with Crippen molar-refractivity contribution in [2.24, 2.45) is 0 Å². The van der Waals surface area contributed by atoms with Gasteiger partial charge in [-0.3, -0.25) is 0 Å². The molecule has 0 spiro atoms. The number of carbonyl (C=O) groups is 2. The molecule has 0 fully saturated rings. The second kappa shape index (κ2) is 25.0. The molecule has 0 aromatic heterocycles. The lowest BCUT2D eigenvalue weighted by Crippen LogP contribution is -2.23. The molecule has 0 saturated heterocycles. The Bertz CT molecular complexity index is 2250. The van der Waals surface area contributed by atoms with Crippen molar-refractivity contribution in [3.63, 3.8) is 0 Å². The minimum absolute atomic E-state index is 0.0643. The van der Waals surface area contributed by atoms with Crippen LogP contribution in [0, 0.1) is 5.82 Å².